The average molecular weight is 290 g/mol. The zero-order valence-corrected chi connectivity index (χ0v) is 12.3. The molecule has 0 bridgehead atoms. The number of benzene rings is 2. The summed E-state index contributed by atoms with van der Waals surface area (Å²) >= 11 is 0. The Bertz CT molecular complexity index is 574. The third-order valence-electron chi connectivity index (χ3n) is 3.40. The molecule has 0 aliphatic carbocycles. The van der Waals surface area contributed by atoms with Crippen molar-refractivity contribution in [3.63, 3.8) is 0 Å². The van der Waals surface area contributed by atoms with Crippen molar-refractivity contribution in [2.45, 2.75) is 33.0 Å². The van der Waals surface area contributed by atoms with E-state index in [4.69, 9.17) is 5.73 Å². The van der Waals surface area contributed by atoms with Gasteiger partial charge in [0.15, 0.2) is 0 Å². The highest BCUT2D eigenvalue weighted by molar-refractivity contribution is 5.49. The second-order valence-electron chi connectivity index (χ2n) is 5.37. The largest absolute Gasteiger partial charge is 0.365 e. The van der Waals surface area contributed by atoms with E-state index in [9.17, 15) is 8.78 Å². The lowest BCUT2D eigenvalue weighted by Gasteiger charge is -2.29. The van der Waals surface area contributed by atoms with Crippen LogP contribution >= 0.6 is 0 Å². The van der Waals surface area contributed by atoms with Gasteiger partial charge in [0.25, 0.3) is 0 Å². The monoisotopic (exact) mass is 290 g/mol. The Kier molecular flexibility index (Phi) is 4.91. The number of anilines is 1. The highest BCUT2D eigenvalue weighted by Crippen LogP contribution is 2.21. The molecule has 0 unspecified atom stereocenters. The summed E-state index contributed by atoms with van der Waals surface area (Å²) in [7, 11) is 0. The Hall–Kier alpha value is -1.94. The summed E-state index contributed by atoms with van der Waals surface area (Å²) in [6, 6.07) is 11.7. The van der Waals surface area contributed by atoms with Gasteiger partial charge < -0.3 is 10.6 Å². The normalized spacial score (nSPS) is 11.0. The van der Waals surface area contributed by atoms with E-state index >= 15 is 0 Å². The summed E-state index contributed by atoms with van der Waals surface area (Å²) in [4.78, 5) is 2.09. The number of nitrogens with two attached hydrogens (primary N) is 1. The van der Waals surface area contributed by atoms with Gasteiger partial charge in [-0.15, -0.1) is 0 Å². The fourth-order valence-corrected chi connectivity index (χ4v) is 2.29. The molecular formula is C17H20F2N2. The van der Waals surface area contributed by atoms with Crippen LogP contribution in [-0.2, 0) is 13.1 Å². The van der Waals surface area contributed by atoms with Crippen molar-refractivity contribution in [3.05, 3.63) is 65.2 Å². The van der Waals surface area contributed by atoms with E-state index in [1.165, 1.54) is 12.1 Å². The first-order valence-electron chi connectivity index (χ1n) is 7.00. The molecule has 0 radical (unpaired) electrons. The predicted octanol–water partition coefficient (Wildman–Crippen LogP) is 3.84. The van der Waals surface area contributed by atoms with Crippen LogP contribution in [0.15, 0.2) is 42.5 Å². The van der Waals surface area contributed by atoms with Crippen molar-refractivity contribution in [3.8, 4) is 0 Å². The van der Waals surface area contributed by atoms with Crippen molar-refractivity contribution in [2.75, 3.05) is 4.90 Å². The summed E-state index contributed by atoms with van der Waals surface area (Å²) in [5, 5.41) is 0. The minimum atomic E-state index is -0.549. The molecule has 112 valence electrons. The van der Waals surface area contributed by atoms with E-state index in [2.05, 4.69) is 4.90 Å². The van der Waals surface area contributed by atoms with E-state index in [0.29, 0.717) is 18.7 Å². The zero-order valence-electron chi connectivity index (χ0n) is 12.3. The molecule has 0 amide bonds. The Morgan fingerprint density at radius 1 is 0.952 bits per heavy atom. The van der Waals surface area contributed by atoms with Crippen molar-refractivity contribution in [1.29, 1.82) is 0 Å². The molecule has 0 aliphatic rings. The van der Waals surface area contributed by atoms with Gasteiger partial charge in [-0.25, -0.2) is 8.78 Å². The molecule has 2 aromatic rings. The van der Waals surface area contributed by atoms with Gasteiger partial charge in [0, 0.05) is 30.9 Å². The molecular weight excluding hydrogens is 270 g/mol. The van der Waals surface area contributed by atoms with E-state index < -0.39 is 11.6 Å². The number of hydrogen-bond acceptors (Lipinski definition) is 2. The van der Waals surface area contributed by atoms with Crippen LogP contribution in [0.5, 0.6) is 0 Å². The highest BCUT2D eigenvalue weighted by Gasteiger charge is 2.12. The lowest BCUT2D eigenvalue weighted by atomic mass is 10.1. The number of nitrogens with zero attached hydrogens (tertiary/aromatic N) is 1. The number of hydrogen-bond donors (Lipinski definition) is 1. The maximum atomic E-state index is 13.3. The molecule has 0 atom stereocenters. The summed E-state index contributed by atoms with van der Waals surface area (Å²) in [6.45, 7) is 5.05. The molecule has 4 heteroatoms. The standard InChI is InChI=1S/C17H20F2N2/c1-12(2)21(17-5-3-13(10-20)4-6-17)11-14-7-15(18)9-16(19)8-14/h3-9,12H,10-11,20H2,1-2H3. The summed E-state index contributed by atoms with van der Waals surface area (Å²) in [6.07, 6.45) is 0. The minimum Gasteiger partial charge on any atom is -0.365 e. The van der Waals surface area contributed by atoms with Crippen LogP contribution in [0.4, 0.5) is 14.5 Å². The number of halogens is 2. The Labute approximate surface area is 124 Å². The molecule has 2 nitrogen and oxygen atoms in total. The smallest absolute Gasteiger partial charge is 0.126 e. The van der Waals surface area contributed by atoms with Crippen molar-refractivity contribution >= 4 is 5.69 Å². The van der Waals surface area contributed by atoms with Gasteiger partial charge >= 0.3 is 0 Å². The minimum absolute atomic E-state index is 0.208. The van der Waals surface area contributed by atoms with Gasteiger partial charge in [-0.3, -0.25) is 0 Å². The maximum Gasteiger partial charge on any atom is 0.126 e. The van der Waals surface area contributed by atoms with Gasteiger partial charge in [0.1, 0.15) is 11.6 Å². The van der Waals surface area contributed by atoms with E-state index in [1.807, 2.05) is 38.1 Å². The highest BCUT2D eigenvalue weighted by atomic mass is 19.1. The van der Waals surface area contributed by atoms with Crippen LogP contribution in [0, 0.1) is 11.6 Å². The fraction of sp³-hybridized carbons (Fsp3) is 0.294. The molecule has 0 saturated carbocycles. The zero-order chi connectivity index (χ0) is 15.4. The van der Waals surface area contributed by atoms with Crippen LogP contribution in [0.25, 0.3) is 0 Å². The van der Waals surface area contributed by atoms with Gasteiger partial charge in [-0.2, -0.15) is 0 Å². The fourth-order valence-electron chi connectivity index (χ4n) is 2.29. The maximum absolute atomic E-state index is 13.3. The van der Waals surface area contributed by atoms with E-state index in [1.54, 1.807) is 0 Å². The Balaban J connectivity index is 2.26. The van der Waals surface area contributed by atoms with E-state index in [0.717, 1.165) is 17.3 Å². The van der Waals surface area contributed by atoms with Gasteiger partial charge in [-0.05, 0) is 49.2 Å². The quantitative estimate of drug-likeness (QED) is 0.906. The Morgan fingerprint density at radius 3 is 2.00 bits per heavy atom. The third kappa shape index (κ3) is 4.02. The lowest BCUT2D eigenvalue weighted by molar-refractivity contribution is 0.576. The van der Waals surface area contributed by atoms with Crippen molar-refractivity contribution in [2.24, 2.45) is 5.73 Å². The molecule has 2 aromatic carbocycles. The molecule has 0 saturated heterocycles. The first-order valence-corrected chi connectivity index (χ1v) is 7.00. The second-order valence-corrected chi connectivity index (χ2v) is 5.37. The predicted molar refractivity (Wildman–Crippen MR) is 82.0 cm³/mol. The molecule has 21 heavy (non-hydrogen) atoms. The van der Waals surface area contributed by atoms with Crippen LogP contribution in [-0.4, -0.2) is 6.04 Å². The summed E-state index contributed by atoms with van der Waals surface area (Å²) < 4.78 is 26.6. The van der Waals surface area contributed by atoms with Crippen LogP contribution in [0.1, 0.15) is 25.0 Å². The molecule has 0 fully saturated rings. The molecule has 0 aromatic heterocycles. The summed E-state index contributed by atoms with van der Waals surface area (Å²) in [5.74, 6) is -1.10. The van der Waals surface area contributed by atoms with Gasteiger partial charge in [0.2, 0.25) is 0 Å². The molecule has 0 heterocycles. The third-order valence-corrected chi connectivity index (χ3v) is 3.40. The summed E-state index contributed by atoms with van der Waals surface area (Å²) in [5.41, 5.74) is 8.27. The molecule has 0 spiro atoms. The lowest BCUT2D eigenvalue weighted by Crippen LogP contribution is -2.30. The van der Waals surface area contributed by atoms with Gasteiger partial charge in [-0.1, -0.05) is 12.1 Å². The molecule has 2 N–H and O–H groups in total. The molecule has 2 rings (SSSR count). The number of rotatable bonds is 5. The first kappa shape index (κ1) is 15.4. The van der Waals surface area contributed by atoms with Gasteiger partial charge in [0.05, 0.1) is 0 Å². The topological polar surface area (TPSA) is 29.3 Å². The van der Waals surface area contributed by atoms with Crippen LogP contribution in [0.3, 0.4) is 0 Å². The van der Waals surface area contributed by atoms with Crippen LogP contribution < -0.4 is 10.6 Å². The van der Waals surface area contributed by atoms with Crippen LogP contribution in [0.2, 0.25) is 0 Å². The average Bonchev–Trinajstić information content (AvgIpc) is 2.43. The second kappa shape index (κ2) is 6.68. The van der Waals surface area contributed by atoms with Crippen molar-refractivity contribution < 1.29 is 8.78 Å². The Morgan fingerprint density at radius 2 is 1.52 bits per heavy atom. The molecule has 0 aliphatic heterocycles. The van der Waals surface area contributed by atoms with E-state index in [-0.39, 0.29) is 6.04 Å². The van der Waals surface area contributed by atoms with Crippen molar-refractivity contribution in [1.82, 2.24) is 0 Å². The first-order chi connectivity index (χ1) is 9.99. The SMILES string of the molecule is CC(C)N(Cc1cc(F)cc(F)c1)c1ccc(CN)cc1.